The number of fused-ring (bicyclic) bond motifs is 1. The third kappa shape index (κ3) is 4.20. The molecule has 1 aliphatic rings. The maximum absolute atomic E-state index is 12.5. The Morgan fingerprint density at radius 1 is 1.00 bits per heavy atom. The van der Waals surface area contributed by atoms with Crippen LogP contribution in [0.1, 0.15) is 16.1 Å². The lowest BCUT2D eigenvalue weighted by molar-refractivity contribution is -0.122. The second-order valence-corrected chi connectivity index (χ2v) is 7.38. The van der Waals surface area contributed by atoms with E-state index in [0.29, 0.717) is 10.6 Å². The fraction of sp³-hybridized carbons (Fsp3) is 0.0909. The fourth-order valence-electron chi connectivity index (χ4n) is 2.96. The van der Waals surface area contributed by atoms with Crippen molar-refractivity contribution >= 4 is 45.8 Å². The minimum absolute atomic E-state index is 0.107. The van der Waals surface area contributed by atoms with E-state index >= 15 is 0 Å². The molecule has 0 radical (unpaired) electrons. The first-order valence-corrected chi connectivity index (χ1v) is 9.88. The van der Waals surface area contributed by atoms with Crippen LogP contribution < -0.4 is 5.32 Å². The van der Waals surface area contributed by atoms with Crippen LogP contribution >= 0.6 is 11.8 Å². The number of nitrogens with one attached hydrogen (secondary N) is 1. The molecule has 4 rings (SSSR count). The van der Waals surface area contributed by atoms with E-state index in [1.165, 1.54) is 0 Å². The monoisotopic (exact) mass is 403 g/mol. The van der Waals surface area contributed by atoms with Crippen LogP contribution in [0.3, 0.4) is 0 Å². The maximum atomic E-state index is 12.5. The van der Waals surface area contributed by atoms with Crippen molar-refractivity contribution < 1.29 is 14.4 Å². The van der Waals surface area contributed by atoms with Crippen molar-refractivity contribution in [2.45, 2.75) is 0 Å². The topological polar surface area (TPSA) is 79.4 Å². The largest absolute Gasteiger partial charge is 0.349 e. The van der Waals surface area contributed by atoms with Crippen molar-refractivity contribution in [2.24, 2.45) is 0 Å². The van der Waals surface area contributed by atoms with Gasteiger partial charge in [-0.3, -0.25) is 19.3 Å². The van der Waals surface area contributed by atoms with Crippen LogP contribution in [0.4, 0.5) is 4.79 Å². The number of hydrogen-bond acceptors (Lipinski definition) is 5. The summed E-state index contributed by atoms with van der Waals surface area (Å²) in [6.45, 7) is 0.264. The summed E-state index contributed by atoms with van der Waals surface area (Å²) in [5.74, 6) is -0.690. The number of rotatable bonds is 5. The molecule has 0 bridgehead atoms. The van der Waals surface area contributed by atoms with Gasteiger partial charge < -0.3 is 5.32 Å². The highest BCUT2D eigenvalue weighted by atomic mass is 32.2. The van der Waals surface area contributed by atoms with Gasteiger partial charge >= 0.3 is 0 Å². The number of thioether (sulfide) groups is 1. The van der Waals surface area contributed by atoms with Crippen LogP contribution in [0.25, 0.3) is 17.0 Å². The summed E-state index contributed by atoms with van der Waals surface area (Å²) in [6, 6.07) is 20.4. The van der Waals surface area contributed by atoms with Gasteiger partial charge in [0.2, 0.25) is 0 Å². The molecule has 3 amide bonds. The third-order valence-electron chi connectivity index (χ3n) is 4.42. The molecule has 1 aromatic heterocycles. The molecule has 0 spiro atoms. The molecular weight excluding hydrogens is 386 g/mol. The highest BCUT2D eigenvalue weighted by Crippen LogP contribution is 2.31. The highest BCUT2D eigenvalue weighted by Gasteiger charge is 2.34. The van der Waals surface area contributed by atoms with Gasteiger partial charge in [0.1, 0.15) is 5.69 Å². The van der Waals surface area contributed by atoms with Crippen LogP contribution in [0, 0.1) is 0 Å². The summed E-state index contributed by atoms with van der Waals surface area (Å²) in [7, 11) is 0. The number of imide groups is 1. The zero-order chi connectivity index (χ0) is 20.2. The van der Waals surface area contributed by atoms with Crippen molar-refractivity contribution in [3.63, 3.8) is 0 Å². The molecule has 29 heavy (non-hydrogen) atoms. The third-order valence-corrected chi connectivity index (χ3v) is 5.33. The molecule has 0 unspecified atom stereocenters. The molecule has 0 saturated carbocycles. The second-order valence-electron chi connectivity index (χ2n) is 6.39. The highest BCUT2D eigenvalue weighted by molar-refractivity contribution is 8.18. The van der Waals surface area contributed by atoms with Gasteiger partial charge in [-0.2, -0.15) is 0 Å². The summed E-state index contributed by atoms with van der Waals surface area (Å²) >= 11 is 0.907. The number of aromatic nitrogens is 1. The Kier molecular flexibility index (Phi) is 5.39. The Balaban J connectivity index is 1.37. The van der Waals surface area contributed by atoms with Gasteiger partial charge in [-0.15, -0.1) is 0 Å². The van der Waals surface area contributed by atoms with E-state index in [0.717, 1.165) is 33.1 Å². The Hall–Kier alpha value is -3.45. The molecule has 1 fully saturated rings. The van der Waals surface area contributed by atoms with Gasteiger partial charge in [0.15, 0.2) is 0 Å². The van der Waals surface area contributed by atoms with Crippen LogP contribution in [0.2, 0.25) is 0 Å². The smallest absolute Gasteiger partial charge is 0.293 e. The van der Waals surface area contributed by atoms with Crippen molar-refractivity contribution in [1.82, 2.24) is 15.2 Å². The molecule has 6 nitrogen and oxygen atoms in total. The zero-order valence-corrected chi connectivity index (χ0v) is 16.2. The van der Waals surface area contributed by atoms with Gasteiger partial charge in [-0.1, -0.05) is 54.6 Å². The van der Waals surface area contributed by atoms with Crippen molar-refractivity contribution in [2.75, 3.05) is 13.1 Å². The number of hydrogen-bond donors (Lipinski definition) is 1. The Morgan fingerprint density at radius 3 is 2.59 bits per heavy atom. The van der Waals surface area contributed by atoms with Crippen molar-refractivity contribution in [1.29, 1.82) is 0 Å². The zero-order valence-electron chi connectivity index (χ0n) is 15.4. The van der Waals surface area contributed by atoms with E-state index in [9.17, 15) is 14.4 Å². The lowest BCUT2D eigenvalue weighted by atomic mass is 10.2. The number of nitrogens with zero attached hydrogens (tertiary/aromatic N) is 2. The van der Waals surface area contributed by atoms with Crippen LogP contribution in [-0.2, 0) is 4.79 Å². The number of benzene rings is 2. The number of pyridine rings is 1. The fourth-order valence-corrected chi connectivity index (χ4v) is 3.82. The molecule has 1 aliphatic heterocycles. The molecule has 2 heterocycles. The molecule has 2 aromatic carbocycles. The van der Waals surface area contributed by atoms with E-state index in [4.69, 9.17) is 0 Å². The molecule has 0 aliphatic carbocycles. The van der Waals surface area contributed by atoms with Gasteiger partial charge in [0.05, 0.1) is 10.4 Å². The van der Waals surface area contributed by atoms with Crippen LogP contribution in [0.15, 0.2) is 71.6 Å². The van der Waals surface area contributed by atoms with E-state index in [2.05, 4.69) is 10.3 Å². The minimum atomic E-state index is -0.345. The van der Waals surface area contributed by atoms with Crippen molar-refractivity contribution in [3.8, 4) is 0 Å². The second kappa shape index (κ2) is 8.28. The quantitative estimate of drug-likeness (QED) is 0.657. The summed E-state index contributed by atoms with van der Waals surface area (Å²) in [6.07, 6.45) is 1.70. The summed E-state index contributed by atoms with van der Waals surface area (Å²) in [4.78, 5) is 42.9. The van der Waals surface area contributed by atoms with E-state index in [1.54, 1.807) is 12.1 Å². The first-order chi connectivity index (χ1) is 14.1. The first kappa shape index (κ1) is 18.9. The van der Waals surface area contributed by atoms with Crippen molar-refractivity contribution in [3.05, 3.63) is 82.9 Å². The summed E-state index contributed by atoms with van der Waals surface area (Å²) < 4.78 is 0. The molecule has 144 valence electrons. The normalized spacial score (nSPS) is 15.3. The molecule has 1 saturated heterocycles. The standard InChI is InChI=1S/C22H17N3O3S/c26-20(18-11-10-16-8-4-5-9-17(16)24-18)23-12-13-25-21(27)19(29-22(25)28)14-15-6-2-1-3-7-15/h1-11,14H,12-13H2,(H,23,26). The van der Waals surface area contributed by atoms with Gasteiger partial charge in [0, 0.05) is 18.5 Å². The lowest BCUT2D eigenvalue weighted by Gasteiger charge is -2.13. The molecule has 7 heteroatoms. The number of carbonyl (C=O) groups is 3. The predicted molar refractivity (Wildman–Crippen MR) is 113 cm³/mol. The lowest BCUT2D eigenvalue weighted by Crippen LogP contribution is -2.37. The average molecular weight is 403 g/mol. The molecular formula is C22H17N3O3S. The Morgan fingerprint density at radius 2 is 1.76 bits per heavy atom. The Labute approximate surface area is 171 Å². The first-order valence-electron chi connectivity index (χ1n) is 9.06. The molecule has 3 aromatic rings. The predicted octanol–water partition coefficient (Wildman–Crippen LogP) is 3.70. The number of amides is 3. The van der Waals surface area contributed by atoms with Gasteiger partial charge in [-0.05, 0) is 35.5 Å². The SMILES string of the molecule is O=C(NCCN1C(=O)SC(=Cc2ccccc2)C1=O)c1ccc2ccccc2n1. The minimum Gasteiger partial charge on any atom is -0.349 e. The van der Waals surface area contributed by atoms with Gasteiger partial charge in [0.25, 0.3) is 17.1 Å². The number of para-hydroxylation sites is 1. The van der Waals surface area contributed by atoms with E-state index < -0.39 is 0 Å². The maximum Gasteiger partial charge on any atom is 0.293 e. The number of carbonyl (C=O) groups excluding carboxylic acids is 3. The molecule has 1 N–H and O–H groups in total. The van der Waals surface area contributed by atoms with Crippen LogP contribution in [-0.4, -0.2) is 40.0 Å². The molecule has 0 atom stereocenters. The average Bonchev–Trinajstić information content (AvgIpc) is 3.01. The van der Waals surface area contributed by atoms with Crippen LogP contribution in [0.5, 0.6) is 0 Å². The summed E-state index contributed by atoms with van der Waals surface area (Å²) in [5, 5.41) is 3.33. The van der Waals surface area contributed by atoms with Gasteiger partial charge in [-0.25, -0.2) is 4.98 Å². The summed E-state index contributed by atoms with van der Waals surface area (Å²) in [5.41, 5.74) is 1.88. The Bertz CT molecular complexity index is 1130. The van der Waals surface area contributed by atoms with E-state index in [-0.39, 0.29) is 30.1 Å². The van der Waals surface area contributed by atoms with E-state index in [1.807, 2.05) is 60.7 Å².